The van der Waals surface area contributed by atoms with E-state index in [1.54, 1.807) is 0 Å². The van der Waals surface area contributed by atoms with Crippen molar-refractivity contribution in [3.8, 4) is 0 Å². The Morgan fingerprint density at radius 3 is 1.00 bits per heavy atom. The maximum absolute atomic E-state index is 12.1. The van der Waals surface area contributed by atoms with E-state index in [1.807, 2.05) is 0 Å². The minimum atomic E-state index is 0.162. The largest absolute Gasteiger partial charge is 0.356 e. The Kier molecular flexibility index (Phi) is 29.9. The van der Waals surface area contributed by atoms with Crippen LogP contribution in [-0.2, 0) is 9.59 Å². The standard InChI is InChI=1S/C34H70N4O2/c1-5-7-9-11-13-15-17-19-21-23-27-35-33(39)25-29-37(3)31-32-38(4)30-26-34(40)36-28-24-22-20-18-16-14-12-10-8-6-2/h5-32H2,1-4H3,(H,35,39)(H,36,40). The number of hydrogen-bond donors (Lipinski definition) is 2. The molecule has 6 heteroatoms. The minimum absolute atomic E-state index is 0.162. The van der Waals surface area contributed by atoms with Gasteiger partial charge in [-0.25, -0.2) is 0 Å². The first kappa shape index (κ1) is 38.9. The Bertz CT molecular complexity index is 510. The topological polar surface area (TPSA) is 64.7 Å². The number of amides is 2. The van der Waals surface area contributed by atoms with E-state index in [9.17, 15) is 9.59 Å². The molecule has 0 aliphatic carbocycles. The summed E-state index contributed by atoms with van der Waals surface area (Å²) in [6.07, 6.45) is 27.5. The fraction of sp³-hybridized carbons (Fsp3) is 0.941. The van der Waals surface area contributed by atoms with Gasteiger partial charge in [0.15, 0.2) is 0 Å². The van der Waals surface area contributed by atoms with E-state index < -0.39 is 0 Å². The smallest absolute Gasteiger partial charge is 0.221 e. The summed E-state index contributed by atoms with van der Waals surface area (Å²) in [6.45, 7) is 9.51. The Morgan fingerprint density at radius 2 is 0.700 bits per heavy atom. The highest BCUT2D eigenvalue weighted by Crippen LogP contribution is 2.11. The number of unbranched alkanes of at least 4 members (excludes halogenated alkanes) is 18. The number of rotatable bonds is 31. The minimum Gasteiger partial charge on any atom is -0.356 e. The molecule has 0 aromatic carbocycles. The molecule has 2 N–H and O–H groups in total. The van der Waals surface area contributed by atoms with Gasteiger partial charge in [0.25, 0.3) is 0 Å². The molecule has 0 aliphatic heterocycles. The van der Waals surface area contributed by atoms with Crippen LogP contribution in [0.1, 0.15) is 155 Å². The lowest BCUT2D eigenvalue weighted by Crippen LogP contribution is -2.35. The summed E-state index contributed by atoms with van der Waals surface area (Å²) in [6, 6.07) is 0. The van der Waals surface area contributed by atoms with Crippen LogP contribution in [0.3, 0.4) is 0 Å². The van der Waals surface area contributed by atoms with Crippen LogP contribution < -0.4 is 10.6 Å². The van der Waals surface area contributed by atoms with Gasteiger partial charge in [0.2, 0.25) is 11.8 Å². The van der Waals surface area contributed by atoms with E-state index in [0.717, 1.165) is 52.1 Å². The average Bonchev–Trinajstić information content (AvgIpc) is 2.95. The van der Waals surface area contributed by atoms with Gasteiger partial charge < -0.3 is 20.4 Å². The van der Waals surface area contributed by atoms with Crippen molar-refractivity contribution in [3.05, 3.63) is 0 Å². The lowest BCUT2D eigenvalue weighted by atomic mass is 10.1. The first-order chi connectivity index (χ1) is 19.5. The molecule has 0 saturated heterocycles. The fourth-order valence-corrected chi connectivity index (χ4v) is 5.01. The van der Waals surface area contributed by atoms with Gasteiger partial charge in [0.05, 0.1) is 0 Å². The average molecular weight is 567 g/mol. The monoisotopic (exact) mass is 567 g/mol. The van der Waals surface area contributed by atoms with Crippen LogP contribution in [0.5, 0.6) is 0 Å². The second-order valence-electron chi connectivity index (χ2n) is 12.2. The van der Waals surface area contributed by atoms with Crippen molar-refractivity contribution in [2.75, 3.05) is 53.4 Å². The van der Waals surface area contributed by atoms with Gasteiger partial charge >= 0.3 is 0 Å². The molecule has 40 heavy (non-hydrogen) atoms. The Labute approximate surface area is 250 Å². The van der Waals surface area contributed by atoms with Crippen molar-refractivity contribution in [1.82, 2.24) is 20.4 Å². The zero-order valence-corrected chi connectivity index (χ0v) is 27.5. The van der Waals surface area contributed by atoms with Gasteiger partial charge in [0.1, 0.15) is 0 Å². The number of nitrogens with one attached hydrogen (secondary N) is 2. The highest BCUT2D eigenvalue weighted by Gasteiger charge is 2.08. The maximum Gasteiger partial charge on any atom is 0.221 e. The van der Waals surface area contributed by atoms with Crippen molar-refractivity contribution in [1.29, 1.82) is 0 Å². The van der Waals surface area contributed by atoms with Gasteiger partial charge in [-0.2, -0.15) is 0 Å². The lowest BCUT2D eigenvalue weighted by Gasteiger charge is -2.21. The summed E-state index contributed by atoms with van der Waals surface area (Å²) in [5.74, 6) is 0.324. The molecule has 0 heterocycles. The number of nitrogens with zero attached hydrogens (tertiary/aromatic N) is 2. The summed E-state index contributed by atoms with van der Waals surface area (Å²) in [7, 11) is 4.14. The number of carbonyl (C=O) groups is 2. The summed E-state index contributed by atoms with van der Waals surface area (Å²) in [5.41, 5.74) is 0. The Balaban J connectivity index is 3.52. The number of carbonyl (C=O) groups excluding carboxylic acids is 2. The highest BCUT2D eigenvalue weighted by atomic mass is 16.2. The Hall–Kier alpha value is -1.14. The number of hydrogen-bond acceptors (Lipinski definition) is 4. The van der Waals surface area contributed by atoms with E-state index >= 15 is 0 Å². The quantitative estimate of drug-likeness (QED) is 0.0844. The molecule has 0 bridgehead atoms. The molecule has 0 atom stereocenters. The molecule has 0 radical (unpaired) electrons. The van der Waals surface area contributed by atoms with E-state index in [0.29, 0.717) is 12.8 Å². The molecule has 0 rings (SSSR count). The summed E-state index contributed by atoms with van der Waals surface area (Å²) in [5, 5.41) is 6.16. The summed E-state index contributed by atoms with van der Waals surface area (Å²) < 4.78 is 0. The normalized spacial score (nSPS) is 11.4. The van der Waals surface area contributed by atoms with Crippen molar-refractivity contribution < 1.29 is 9.59 Å². The SMILES string of the molecule is CCCCCCCCCCCCNC(=O)CCN(C)CCN(C)CCC(=O)NCCCCCCCCCCCC. The molecule has 0 spiro atoms. The van der Waals surface area contributed by atoms with Crippen LogP contribution in [0, 0.1) is 0 Å². The molecule has 238 valence electrons. The first-order valence-corrected chi connectivity index (χ1v) is 17.4. The van der Waals surface area contributed by atoms with Gasteiger partial charge in [0, 0.05) is 52.1 Å². The van der Waals surface area contributed by atoms with Gasteiger partial charge in [-0.1, -0.05) is 129 Å². The molecule has 0 aromatic rings. The third kappa shape index (κ3) is 29.8. The second kappa shape index (κ2) is 30.8. The van der Waals surface area contributed by atoms with Crippen LogP contribution in [-0.4, -0.2) is 75.0 Å². The molecule has 0 aliphatic rings. The predicted molar refractivity (Wildman–Crippen MR) is 174 cm³/mol. The Morgan fingerprint density at radius 1 is 0.425 bits per heavy atom. The molecular formula is C34H70N4O2. The molecule has 0 fully saturated rings. The van der Waals surface area contributed by atoms with Crippen LogP contribution in [0.2, 0.25) is 0 Å². The van der Waals surface area contributed by atoms with Crippen molar-refractivity contribution in [2.24, 2.45) is 0 Å². The van der Waals surface area contributed by atoms with Crippen LogP contribution in [0.15, 0.2) is 0 Å². The zero-order chi connectivity index (χ0) is 29.5. The predicted octanol–water partition coefficient (Wildman–Crippen LogP) is 7.70. The highest BCUT2D eigenvalue weighted by molar-refractivity contribution is 5.76. The summed E-state index contributed by atoms with van der Waals surface area (Å²) in [4.78, 5) is 28.7. The van der Waals surface area contributed by atoms with Crippen LogP contribution in [0.4, 0.5) is 0 Å². The third-order valence-corrected chi connectivity index (χ3v) is 8.01. The van der Waals surface area contributed by atoms with Crippen molar-refractivity contribution in [3.63, 3.8) is 0 Å². The van der Waals surface area contributed by atoms with E-state index in [1.165, 1.54) is 116 Å². The molecular weight excluding hydrogens is 496 g/mol. The third-order valence-electron chi connectivity index (χ3n) is 8.01. The molecule has 0 unspecified atom stereocenters. The van der Waals surface area contributed by atoms with Crippen LogP contribution in [0.25, 0.3) is 0 Å². The second-order valence-corrected chi connectivity index (χ2v) is 12.2. The molecule has 0 aromatic heterocycles. The van der Waals surface area contributed by atoms with Gasteiger partial charge in [-0.05, 0) is 26.9 Å². The maximum atomic E-state index is 12.1. The zero-order valence-electron chi connectivity index (χ0n) is 27.5. The lowest BCUT2D eigenvalue weighted by molar-refractivity contribution is -0.122. The van der Waals surface area contributed by atoms with Crippen LogP contribution >= 0.6 is 0 Å². The number of likely N-dealkylation sites (N-methyl/N-ethyl adjacent to an activating group) is 2. The van der Waals surface area contributed by atoms with Gasteiger partial charge in [-0.3, -0.25) is 9.59 Å². The molecule has 0 saturated carbocycles. The van der Waals surface area contributed by atoms with Gasteiger partial charge in [-0.15, -0.1) is 0 Å². The molecule has 2 amide bonds. The van der Waals surface area contributed by atoms with E-state index in [2.05, 4.69) is 48.4 Å². The van der Waals surface area contributed by atoms with E-state index in [-0.39, 0.29) is 11.8 Å². The first-order valence-electron chi connectivity index (χ1n) is 17.4. The summed E-state index contributed by atoms with van der Waals surface area (Å²) >= 11 is 0. The van der Waals surface area contributed by atoms with Crippen molar-refractivity contribution in [2.45, 2.75) is 155 Å². The van der Waals surface area contributed by atoms with Crippen molar-refractivity contribution >= 4 is 11.8 Å². The van der Waals surface area contributed by atoms with E-state index in [4.69, 9.17) is 0 Å². The fourth-order valence-electron chi connectivity index (χ4n) is 5.01. The molecule has 6 nitrogen and oxygen atoms in total.